The van der Waals surface area contributed by atoms with E-state index in [1.807, 2.05) is 92.0 Å². The molecule has 65 heavy (non-hydrogen) atoms. The molecule has 346 valence electrons. The van der Waals surface area contributed by atoms with Gasteiger partial charge in [-0.25, -0.2) is 4.79 Å². The first-order valence-corrected chi connectivity index (χ1v) is 25.7. The summed E-state index contributed by atoms with van der Waals surface area (Å²) in [4.78, 5) is 57.4. The van der Waals surface area contributed by atoms with E-state index in [9.17, 15) is 24.3 Å². The first kappa shape index (κ1) is 48.6. The Morgan fingerprint density at radius 2 is 1.58 bits per heavy atom. The molecular formula is C51H66N6O7Si. The average Bonchev–Trinajstić information content (AvgIpc) is 3.28. The number of aromatic amines is 1. The lowest BCUT2D eigenvalue weighted by molar-refractivity contribution is -0.130. The minimum atomic E-state index is -2.21. The maximum atomic E-state index is 12.9. The van der Waals surface area contributed by atoms with E-state index in [2.05, 4.69) is 59.7 Å². The van der Waals surface area contributed by atoms with Crippen molar-refractivity contribution < 1.29 is 28.7 Å². The van der Waals surface area contributed by atoms with Gasteiger partial charge < -0.3 is 39.7 Å². The number of carbonyl (C=O) groups excluding carboxylic acids is 3. The zero-order valence-corrected chi connectivity index (χ0v) is 39.7. The van der Waals surface area contributed by atoms with E-state index >= 15 is 0 Å². The number of phenols is 1. The lowest BCUT2D eigenvalue weighted by Crippen LogP contribution is -2.43. The first-order chi connectivity index (χ1) is 31.1. The Morgan fingerprint density at radius 1 is 0.877 bits per heavy atom. The number of nitrogens with one attached hydrogen (secondary N) is 4. The van der Waals surface area contributed by atoms with Crippen LogP contribution in [-0.2, 0) is 25.3 Å². The predicted octanol–water partition coefficient (Wildman–Crippen LogP) is 9.42. The minimum absolute atomic E-state index is 0.0160. The van der Waals surface area contributed by atoms with Gasteiger partial charge in [0.25, 0.3) is 0 Å². The van der Waals surface area contributed by atoms with Crippen molar-refractivity contribution in [2.75, 3.05) is 50.4 Å². The second-order valence-electron chi connectivity index (χ2n) is 18.5. The summed E-state index contributed by atoms with van der Waals surface area (Å²) in [5.74, 6) is 0.0195. The van der Waals surface area contributed by atoms with E-state index in [1.54, 1.807) is 17.0 Å². The van der Waals surface area contributed by atoms with E-state index in [-0.39, 0.29) is 40.4 Å². The molecule has 1 aliphatic rings. The molecule has 0 unspecified atom stereocenters. The molecule has 0 bridgehead atoms. The predicted molar refractivity (Wildman–Crippen MR) is 262 cm³/mol. The molecule has 1 aliphatic heterocycles. The number of nitrogens with zero attached hydrogens (tertiary/aromatic N) is 2. The van der Waals surface area contributed by atoms with Crippen molar-refractivity contribution in [2.45, 2.75) is 96.2 Å². The maximum absolute atomic E-state index is 12.9. The Labute approximate surface area is 384 Å². The number of unbranched alkanes of at least 4 members (excludes halogenated alkanes) is 1. The van der Waals surface area contributed by atoms with Gasteiger partial charge in [0.2, 0.25) is 17.4 Å². The number of hydrogen-bond donors (Lipinski definition) is 5. The van der Waals surface area contributed by atoms with Gasteiger partial charge in [0.1, 0.15) is 11.9 Å². The standard InChI is InChI=1S/C51H66N6O7Si/c1-51(2,3)65(5,6)64-45(41-23-25-44(58)49-42(41)24-26-47(60)55-49)35-52-34-36-19-21-38(22-20-36)53-46(59)18-12-13-30-56(4)48(61)29-33-57-31-27-39(28-32-57)63-50(62)54-43-17-11-10-16-40(43)37-14-8-7-9-15-37/h7-11,14-17,19-26,39,45,52,58H,12-13,18,27-35H2,1-6H3,(H,53,59)(H,54,62)(H,55,60)/t45-/m0/s1. The van der Waals surface area contributed by atoms with Crippen molar-refractivity contribution in [3.63, 3.8) is 0 Å². The van der Waals surface area contributed by atoms with Gasteiger partial charge >= 0.3 is 6.09 Å². The number of piperidine rings is 1. The number of likely N-dealkylation sites (tertiary alicyclic amines) is 1. The maximum Gasteiger partial charge on any atom is 0.411 e. The van der Waals surface area contributed by atoms with Crippen molar-refractivity contribution in [1.29, 1.82) is 0 Å². The minimum Gasteiger partial charge on any atom is -0.506 e. The Kier molecular flexibility index (Phi) is 16.8. The highest BCUT2D eigenvalue weighted by atomic mass is 28.4. The number of anilines is 2. The Hall–Kier alpha value is -5.80. The van der Waals surface area contributed by atoms with Crippen LogP contribution < -0.4 is 21.5 Å². The molecule has 0 spiro atoms. The molecule has 0 saturated carbocycles. The molecular weight excluding hydrogens is 837 g/mol. The number of H-pyrrole nitrogens is 1. The molecule has 1 saturated heterocycles. The highest BCUT2D eigenvalue weighted by Gasteiger charge is 2.40. The molecule has 14 heteroatoms. The Balaban J connectivity index is 0.863. The van der Waals surface area contributed by atoms with Crippen LogP contribution in [0.25, 0.3) is 22.0 Å². The van der Waals surface area contributed by atoms with Crippen LogP contribution >= 0.6 is 0 Å². The van der Waals surface area contributed by atoms with Gasteiger partial charge in [0, 0.05) is 81.9 Å². The monoisotopic (exact) mass is 902 g/mol. The third kappa shape index (κ3) is 13.8. The number of ether oxygens (including phenoxy) is 1. The number of rotatable bonds is 19. The summed E-state index contributed by atoms with van der Waals surface area (Å²) in [7, 11) is -0.401. The van der Waals surface area contributed by atoms with Crippen molar-refractivity contribution >= 4 is 48.5 Å². The van der Waals surface area contributed by atoms with E-state index in [0.717, 1.165) is 52.8 Å². The van der Waals surface area contributed by atoms with Gasteiger partial charge in [-0.2, -0.15) is 0 Å². The fraction of sp³-hybridized carbons (Fsp3) is 0.412. The van der Waals surface area contributed by atoms with Crippen LogP contribution in [-0.4, -0.2) is 92.0 Å². The molecule has 0 radical (unpaired) electrons. The van der Waals surface area contributed by atoms with Crippen molar-refractivity contribution in [1.82, 2.24) is 20.1 Å². The molecule has 0 aliphatic carbocycles. The van der Waals surface area contributed by atoms with Crippen molar-refractivity contribution in [3.8, 4) is 16.9 Å². The number of aromatic hydroxyl groups is 1. The lowest BCUT2D eigenvalue weighted by Gasteiger charge is -2.39. The fourth-order valence-corrected chi connectivity index (χ4v) is 9.05. The molecule has 13 nitrogen and oxygen atoms in total. The number of fused-ring (bicyclic) bond motifs is 1. The summed E-state index contributed by atoms with van der Waals surface area (Å²) in [6, 6.07) is 32.0. The second kappa shape index (κ2) is 22.4. The number of phenolic OH excluding ortho intramolecular Hbond substituents is 1. The van der Waals surface area contributed by atoms with E-state index < -0.39 is 14.4 Å². The van der Waals surface area contributed by atoms with Gasteiger partial charge in [-0.15, -0.1) is 0 Å². The van der Waals surface area contributed by atoms with E-state index in [0.29, 0.717) is 69.5 Å². The highest BCUT2D eigenvalue weighted by Crippen LogP contribution is 2.41. The zero-order valence-electron chi connectivity index (χ0n) is 38.7. The highest BCUT2D eigenvalue weighted by molar-refractivity contribution is 6.74. The summed E-state index contributed by atoms with van der Waals surface area (Å²) in [6.07, 6.45) is 2.61. The van der Waals surface area contributed by atoms with Crippen LogP contribution in [0.3, 0.4) is 0 Å². The van der Waals surface area contributed by atoms with Crippen LogP contribution in [0.4, 0.5) is 16.2 Å². The summed E-state index contributed by atoms with van der Waals surface area (Å²) in [5, 5.41) is 20.7. The first-order valence-electron chi connectivity index (χ1n) is 22.8. The van der Waals surface area contributed by atoms with Crippen LogP contribution in [0.1, 0.15) is 76.5 Å². The average molecular weight is 903 g/mol. The van der Waals surface area contributed by atoms with Crippen LogP contribution in [0.15, 0.2) is 108 Å². The van der Waals surface area contributed by atoms with Gasteiger partial charge in [-0.1, -0.05) is 87.5 Å². The number of amides is 3. The van der Waals surface area contributed by atoms with Crippen LogP contribution in [0.2, 0.25) is 18.1 Å². The lowest BCUT2D eigenvalue weighted by atomic mass is 10.0. The van der Waals surface area contributed by atoms with Gasteiger partial charge in [0.05, 0.1) is 17.3 Å². The Morgan fingerprint density at radius 3 is 2.31 bits per heavy atom. The largest absolute Gasteiger partial charge is 0.506 e. The number of pyridine rings is 1. The summed E-state index contributed by atoms with van der Waals surface area (Å²) in [5.41, 5.74) is 5.43. The molecule has 4 aromatic carbocycles. The van der Waals surface area contributed by atoms with Gasteiger partial charge in [-0.05, 0) is 90.8 Å². The molecule has 2 heterocycles. The summed E-state index contributed by atoms with van der Waals surface area (Å²) >= 11 is 0. The molecule has 1 aromatic heterocycles. The molecule has 5 aromatic rings. The molecule has 1 fully saturated rings. The number of hydrogen-bond acceptors (Lipinski definition) is 9. The van der Waals surface area contributed by atoms with E-state index in [1.165, 1.54) is 6.07 Å². The summed E-state index contributed by atoms with van der Waals surface area (Å²) < 4.78 is 12.7. The topological polar surface area (TPSA) is 165 Å². The smallest absolute Gasteiger partial charge is 0.411 e. The van der Waals surface area contributed by atoms with Crippen LogP contribution in [0, 0.1) is 0 Å². The third-order valence-electron chi connectivity index (χ3n) is 12.7. The van der Waals surface area contributed by atoms with Crippen LogP contribution in [0.5, 0.6) is 5.75 Å². The fourth-order valence-electron chi connectivity index (χ4n) is 7.77. The van der Waals surface area contributed by atoms with Crippen molar-refractivity contribution in [3.05, 3.63) is 125 Å². The van der Waals surface area contributed by atoms with Crippen molar-refractivity contribution in [2.24, 2.45) is 0 Å². The number of para-hydroxylation sites is 1. The molecule has 6 rings (SSSR count). The number of aromatic nitrogens is 1. The SMILES string of the molecule is CN(CCCCC(=O)Nc1ccc(CNC[C@H](O[Si](C)(C)C(C)(C)C)c2ccc(O)c3[nH]c(=O)ccc23)cc1)C(=O)CCN1CCC(OC(=O)Nc2ccccc2-c2ccccc2)CC1. The number of benzene rings is 4. The summed E-state index contributed by atoms with van der Waals surface area (Å²) in [6.45, 7) is 14.8. The normalized spacial score (nSPS) is 14.2. The zero-order chi connectivity index (χ0) is 46.6. The molecule has 5 N–H and O–H groups in total. The number of carbonyl (C=O) groups is 3. The van der Waals surface area contributed by atoms with E-state index in [4.69, 9.17) is 9.16 Å². The quantitative estimate of drug-likeness (QED) is 0.0401. The van der Waals surface area contributed by atoms with Gasteiger partial charge in [0.15, 0.2) is 8.32 Å². The molecule has 3 amide bonds. The second-order valence-corrected chi connectivity index (χ2v) is 23.3. The Bertz CT molecular complexity index is 2430. The third-order valence-corrected chi connectivity index (χ3v) is 17.2. The van der Waals surface area contributed by atoms with Gasteiger partial charge in [-0.3, -0.25) is 19.7 Å². The molecule has 1 atom stereocenters.